The minimum atomic E-state index is -0.517. The number of anilines is 1. The van der Waals surface area contributed by atoms with E-state index in [9.17, 15) is 4.79 Å². The number of rotatable bonds is 4. The van der Waals surface area contributed by atoms with Crippen LogP contribution in [-0.2, 0) is 11.3 Å². The molecule has 0 saturated carbocycles. The molecular weight excluding hydrogens is 344 g/mol. The number of carbonyl (C=O) groups is 1. The fraction of sp³-hybridized carbons (Fsp3) is 0.300. The Labute approximate surface area is 157 Å². The highest BCUT2D eigenvalue weighted by molar-refractivity contribution is 6.10. The third-order valence-electron chi connectivity index (χ3n) is 4.96. The lowest BCUT2D eigenvalue weighted by atomic mass is 10.0. The van der Waals surface area contributed by atoms with E-state index < -0.39 is 5.97 Å². The molecule has 3 aromatic rings. The van der Waals surface area contributed by atoms with Gasteiger partial charge in [0.2, 0.25) is 0 Å². The standard InChI is InChI=1S/C20H24N4O3/c1-10-6-7-14(26-4)12(3)17(10)24-18(22)16(20(25)27-5)15-13(8-21)11(2)9-23-19(15)24/h6-7,9H,8,21-22H2,1-5H3. The molecule has 2 heterocycles. The topological polar surface area (TPSA) is 105 Å². The SMILES string of the molecule is COC(=O)c1c(N)n(-c2c(C)ccc(OC)c2C)c2ncc(C)c(CN)c12. The molecular formula is C20H24N4O3. The lowest BCUT2D eigenvalue weighted by Crippen LogP contribution is -2.09. The molecule has 0 unspecified atom stereocenters. The van der Waals surface area contributed by atoms with Crippen molar-refractivity contribution >= 4 is 22.8 Å². The maximum Gasteiger partial charge on any atom is 0.342 e. The molecule has 27 heavy (non-hydrogen) atoms. The van der Waals surface area contributed by atoms with Crippen LogP contribution in [0.1, 0.15) is 32.6 Å². The number of benzene rings is 1. The molecule has 0 aliphatic rings. The lowest BCUT2D eigenvalue weighted by Gasteiger charge is -2.17. The second-order valence-corrected chi connectivity index (χ2v) is 6.47. The van der Waals surface area contributed by atoms with E-state index in [0.29, 0.717) is 11.0 Å². The van der Waals surface area contributed by atoms with Gasteiger partial charge in [-0.15, -0.1) is 0 Å². The highest BCUT2D eigenvalue weighted by Crippen LogP contribution is 2.38. The van der Waals surface area contributed by atoms with Crippen LogP contribution in [-0.4, -0.2) is 29.7 Å². The molecule has 2 aromatic heterocycles. The van der Waals surface area contributed by atoms with E-state index in [-0.39, 0.29) is 17.9 Å². The molecule has 0 aliphatic carbocycles. The van der Waals surface area contributed by atoms with Gasteiger partial charge in [-0.05, 0) is 43.5 Å². The highest BCUT2D eigenvalue weighted by atomic mass is 16.5. The number of hydrogen-bond acceptors (Lipinski definition) is 6. The number of pyridine rings is 1. The smallest absolute Gasteiger partial charge is 0.342 e. The molecule has 0 spiro atoms. The molecule has 1 aromatic carbocycles. The minimum absolute atomic E-state index is 0.258. The summed E-state index contributed by atoms with van der Waals surface area (Å²) in [6, 6.07) is 3.85. The van der Waals surface area contributed by atoms with Crippen LogP contribution < -0.4 is 16.2 Å². The molecule has 4 N–H and O–H groups in total. The number of methoxy groups -OCH3 is 2. The van der Waals surface area contributed by atoms with Crippen molar-refractivity contribution in [2.24, 2.45) is 5.73 Å². The monoisotopic (exact) mass is 368 g/mol. The van der Waals surface area contributed by atoms with Crippen LogP contribution in [0.4, 0.5) is 5.82 Å². The summed E-state index contributed by atoms with van der Waals surface area (Å²) < 4.78 is 12.2. The quantitative estimate of drug-likeness (QED) is 0.686. The van der Waals surface area contributed by atoms with Crippen LogP contribution in [0.25, 0.3) is 16.7 Å². The zero-order chi connectivity index (χ0) is 19.9. The summed E-state index contributed by atoms with van der Waals surface area (Å²) in [5.74, 6) is 0.475. The molecule has 0 bridgehead atoms. The van der Waals surface area contributed by atoms with Crippen molar-refractivity contribution in [1.82, 2.24) is 9.55 Å². The van der Waals surface area contributed by atoms with Crippen LogP contribution in [0.5, 0.6) is 5.75 Å². The normalized spacial score (nSPS) is 11.0. The third kappa shape index (κ3) is 2.71. The van der Waals surface area contributed by atoms with Gasteiger partial charge in [0, 0.05) is 23.7 Å². The van der Waals surface area contributed by atoms with Crippen molar-refractivity contribution in [3.05, 3.63) is 46.1 Å². The maximum atomic E-state index is 12.6. The number of aromatic nitrogens is 2. The van der Waals surface area contributed by atoms with Crippen molar-refractivity contribution in [3.63, 3.8) is 0 Å². The number of ether oxygens (including phenoxy) is 2. The molecule has 0 fully saturated rings. The first-order chi connectivity index (χ1) is 12.9. The molecule has 7 nitrogen and oxygen atoms in total. The number of nitrogens with zero attached hydrogens (tertiary/aromatic N) is 2. The first kappa shape index (κ1) is 18.7. The molecule has 0 atom stereocenters. The van der Waals surface area contributed by atoms with E-state index in [0.717, 1.165) is 33.7 Å². The average Bonchev–Trinajstić information content (AvgIpc) is 2.94. The Morgan fingerprint density at radius 1 is 1.19 bits per heavy atom. The maximum absolute atomic E-state index is 12.6. The van der Waals surface area contributed by atoms with E-state index >= 15 is 0 Å². The van der Waals surface area contributed by atoms with E-state index in [2.05, 4.69) is 4.98 Å². The summed E-state index contributed by atoms with van der Waals surface area (Å²) in [5, 5.41) is 0.628. The molecule has 3 rings (SSSR count). The van der Waals surface area contributed by atoms with Gasteiger partial charge in [0.1, 0.15) is 22.8 Å². The fourth-order valence-corrected chi connectivity index (χ4v) is 3.60. The van der Waals surface area contributed by atoms with E-state index in [1.54, 1.807) is 17.9 Å². The number of nitrogen functional groups attached to an aromatic ring is 1. The summed E-state index contributed by atoms with van der Waals surface area (Å²) in [6.07, 6.45) is 1.74. The van der Waals surface area contributed by atoms with Gasteiger partial charge in [-0.1, -0.05) is 6.07 Å². The van der Waals surface area contributed by atoms with Crippen molar-refractivity contribution in [3.8, 4) is 11.4 Å². The van der Waals surface area contributed by atoms with Gasteiger partial charge in [-0.3, -0.25) is 4.57 Å². The molecule has 0 amide bonds. The first-order valence-corrected chi connectivity index (χ1v) is 8.58. The van der Waals surface area contributed by atoms with Crippen LogP contribution in [0, 0.1) is 20.8 Å². The number of carbonyl (C=O) groups excluding carboxylic acids is 1. The predicted octanol–water partition coefficient (Wildman–Crippen LogP) is 2.79. The summed E-state index contributed by atoms with van der Waals surface area (Å²) >= 11 is 0. The summed E-state index contributed by atoms with van der Waals surface area (Å²) in [6.45, 7) is 6.09. The van der Waals surface area contributed by atoms with Crippen molar-refractivity contribution in [2.75, 3.05) is 20.0 Å². The van der Waals surface area contributed by atoms with Gasteiger partial charge >= 0.3 is 5.97 Å². The largest absolute Gasteiger partial charge is 0.496 e. The Morgan fingerprint density at radius 2 is 1.89 bits per heavy atom. The van der Waals surface area contributed by atoms with Crippen LogP contribution >= 0.6 is 0 Å². The number of fused-ring (bicyclic) bond motifs is 1. The van der Waals surface area contributed by atoms with Crippen LogP contribution in [0.3, 0.4) is 0 Å². The zero-order valence-corrected chi connectivity index (χ0v) is 16.2. The molecule has 142 valence electrons. The van der Waals surface area contributed by atoms with Gasteiger partial charge in [0.15, 0.2) is 0 Å². The fourth-order valence-electron chi connectivity index (χ4n) is 3.60. The van der Waals surface area contributed by atoms with Crippen molar-refractivity contribution < 1.29 is 14.3 Å². The van der Waals surface area contributed by atoms with E-state index in [1.807, 2.05) is 32.9 Å². The first-order valence-electron chi connectivity index (χ1n) is 8.58. The lowest BCUT2D eigenvalue weighted by molar-refractivity contribution is 0.0604. The number of esters is 1. The van der Waals surface area contributed by atoms with E-state index in [4.69, 9.17) is 20.9 Å². The minimum Gasteiger partial charge on any atom is -0.496 e. The predicted molar refractivity (Wildman–Crippen MR) is 105 cm³/mol. The Kier molecular flexibility index (Phi) is 4.80. The third-order valence-corrected chi connectivity index (χ3v) is 4.96. The molecule has 0 radical (unpaired) electrons. The number of nitrogens with two attached hydrogens (primary N) is 2. The van der Waals surface area contributed by atoms with Gasteiger partial charge < -0.3 is 20.9 Å². The second kappa shape index (κ2) is 6.92. The second-order valence-electron chi connectivity index (χ2n) is 6.47. The van der Waals surface area contributed by atoms with Crippen molar-refractivity contribution in [2.45, 2.75) is 27.3 Å². The van der Waals surface area contributed by atoms with Gasteiger partial charge in [0.25, 0.3) is 0 Å². The van der Waals surface area contributed by atoms with Crippen molar-refractivity contribution in [1.29, 1.82) is 0 Å². The van der Waals surface area contributed by atoms with Crippen LogP contribution in [0.15, 0.2) is 18.3 Å². The zero-order valence-electron chi connectivity index (χ0n) is 16.2. The Morgan fingerprint density at radius 3 is 2.48 bits per heavy atom. The highest BCUT2D eigenvalue weighted by Gasteiger charge is 2.27. The summed E-state index contributed by atoms with van der Waals surface area (Å²) in [7, 11) is 2.95. The van der Waals surface area contributed by atoms with Gasteiger partial charge in [-0.25, -0.2) is 9.78 Å². The Balaban J connectivity index is 2.54. The van der Waals surface area contributed by atoms with Gasteiger partial charge in [0.05, 0.1) is 19.9 Å². The Bertz CT molecular complexity index is 1050. The average molecular weight is 368 g/mol. The Hall–Kier alpha value is -3.06. The molecule has 0 saturated heterocycles. The molecule has 7 heteroatoms. The van der Waals surface area contributed by atoms with Crippen LogP contribution in [0.2, 0.25) is 0 Å². The summed E-state index contributed by atoms with van der Waals surface area (Å²) in [5.41, 5.74) is 17.7. The number of hydrogen-bond donors (Lipinski definition) is 2. The molecule has 0 aliphatic heterocycles. The van der Waals surface area contributed by atoms with Gasteiger partial charge in [-0.2, -0.15) is 0 Å². The van der Waals surface area contributed by atoms with E-state index in [1.165, 1.54) is 7.11 Å². The summed E-state index contributed by atoms with van der Waals surface area (Å²) in [4.78, 5) is 17.1. The number of aryl methyl sites for hydroxylation is 2.